The molecule has 2 aromatic rings. The van der Waals surface area contributed by atoms with E-state index in [9.17, 15) is 9.90 Å². The van der Waals surface area contributed by atoms with Gasteiger partial charge in [0.15, 0.2) is 0 Å². The Hall–Kier alpha value is -2.37. The second-order valence-electron chi connectivity index (χ2n) is 8.51. The molecule has 2 aromatic carbocycles. The molecular formula is C24H33N3O2. The van der Waals surface area contributed by atoms with E-state index in [4.69, 9.17) is 0 Å². The second kappa shape index (κ2) is 8.97. The molecule has 1 amide bonds. The van der Waals surface area contributed by atoms with Crippen molar-refractivity contribution >= 4 is 17.3 Å². The van der Waals surface area contributed by atoms with E-state index in [0.29, 0.717) is 5.92 Å². The van der Waals surface area contributed by atoms with E-state index in [1.165, 1.54) is 12.5 Å². The molecule has 5 heteroatoms. The molecule has 0 aliphatic carbocycles. The summed E-state index contributed by atoms with van der Waals surface area (Å²) in [6.07, 6.45) is 0.406. The number of fused-ring (bicyclic) bond motifs is 1. The number of nitrogens with one attached hydrogen (secondary N) is 2. The highest BCUT2D eigenvalue weighted by Crippen LogP contribution is 2.40. The summed E-state index contributed by atoms with van der Waals surface area (Å²) in [5.74, 6) is 0.494. The third-order valence-corrected chi connectivity index (χ3v) is 5.42. The van der Waals surface area contributed by atoms with E-state index in [-0.39, 0.29) is 18.0 Å². The van der Waals surface area contributed by atoms with Gasteiger partial charge in [0.05, 0.1) is 0 Å². The number of benzene rings is 2. The summed E-state index contributed by atoms with van der Waals surface area (Å²) >= 11 is 0. The largest absolute Gasteiger partial charge is 0.374 e. The topological polar surface area (TPSA) is 64.6 Å². The van der Waals surface area contributed by atoms with Crippen LogP contribution in [0.4, 0.5) is 11.4 Å². The molecule has 5 nitrogen and oxygen atoms in total. The van der Waals surface area contributed by atoms with Gasteiger partial charge < -0.3 is 20.6 Å². The molecule has 0 radical (unpaired) electrons. The van der Waals surface area contributed by atoms with Crippen molar-refractivity contribution in [3.63, 3.8) is 0 Å². The molecule has 3 rings (SSSR count). The van der Waals surface area contributed by atoms with Gasteiger partial charge in [0.25, 0.3) is 0 Å². The second-order valence-corrected chi connectivity index (χ2v) is 8.51. The van der Waals surface area contributed by atoms with E-state index in [2.05, 4.69) is 60.6 Å². The Morgan fingerprint density at radius 3 is 2.55 bits per heavy atom. The summed E-state index contributed by atoms with van der Waals surface area (Å²) in [6, 6.07) is 14.8. The van der Waals surface area contributed by atoms with E-state index in [0.717, 1.165) is 35.5 Å². The summed E-state index contributed by atoms with van der Waals surface area (Å²) < 4.78 is 0. The normalized spacial score (nSPS) is 19.8. The maximum Gasteiger partial charge on any atom is 0.221 e. The molecule has 0 fully saturated rings. The fraction of sp³-hybridized carbons (Fsp3) is 0.458. The van der Waals surface area contributed by atoms with Crippen molar-refractivity contribution < 1.29 is 9.90 Å². The van der Waals surface area contributed by atoms with E-state index >= 15 is 0 Å². The number of aliphatic hydroxyl groups excluding tert-OH is 1. The standard InChI is InChI=1S/C24H33N3O2/c1-15(2)14-25-23-11-16(3)27(18(5)29)24-10-9-20(13-22(23)24)19-7-6-8-21(12-19)26-17(4)28/h6-10,12-13,15-16,18,23,25,29H,11,14H2,1-5H3,(H,26,28)/t16-,18?,23+/m0/s1. The lowest BCUT2D eigenvalue weighted by molar-refractivity contribution is -0.114. The molecular weight excluding hydrogens is 362 g/mol. The van der Waals surface area contributed by atoms with Crippen LogP contribution in [-0.4, -0.2) is 29.8 Å². The van der Waals surface area contributed by atoms with Crippen LogP contribution in [0.25, 0.3) is 11.1 Å². The molecule has 0 aromatic heterocycles. The molecule has 1 aliphatic heterocycles. The van der Waals surface area contributed by atoms with Gasteiger partial charge in [-0.15, -0.1) is 0 Å². The SMILES string of the molecule is CC(=O)Nc1cccc(-c2ccc3c(c2)[C@H](NCC(C)C)C[C@H](C)N3C(C)O)c1. The van der Waals surface area contributed by atoms with Crippen molar-refractivity contribution in [3.05, 3.63) is 48.0 Å². The van der Waals surface area contributed by atoms with Crippen LogP contribution >= 0.6 is 0 Å². The molecule has 3 atom stereocenters. The van der Waals surface area contributed by atoms with Crippen LogP contribution in [0.3, 0.4) is 0 Å². The van der Waals surface area contributed by atoms with Crippen molar-refractivity contribution in [1.82, 2.24) is 5.32 Å². The van der Waals surface area contributed by atoms with E-state index in [1.54, 1.807) is 0 Å². The Balaban J connectivity index is 2.01. The number of nitrogens with zero attached hydrogens (tertiary/aromatic N) is 1. The molecule has 29 heavy (non-hydrogen) atoms. The third-order valence-electron chi connectivity index (χ3n) is 5.42. The number of anilines is 2. The van der Waals surface area contributed by atoms with Crippen LogP contribution in [0.1, 0.15) is 52.6 Å². The van der Waals surface area contributed by atoms with Gasteiger partial charge >= 0.3 is 0 Å². The van der Waals surface area contributed by atoms with E-state index < -0.39 is 6.23 Å². The number of hydrogen-bond donors (Lipinski definition) is 3. The van der Waals surface area contributed by atoms with Gasteiger partial charge in [0.1, 0.15) is 6.23 Å². The molecule has 0 saturated carbocycles. The van der Waals surface area contributed by atoms with Gasteiger partial charge in [-0.2, -0.15) is 0 Å². The molecule has 1 unspecified atom stereocenters. The van der Waals surface area contributed by atoms with Crippen molar-refractivity contribution in [1.29, 1.82) is 0 Å². The van der Waals surface area contributed by atoms with Crippen molar-refractivity contribution in [2.45, 2.75) is 59.4 Å². The van der Waals surface area contributed by atoms with Gasteiger partial charge in [0.2, 0.25) is 5.91 Å². The fourth-order valence-electron chi connectivity index (χ4n) is 4.19. The number of carbonyl (C=O) groups is 1. The molecule has 1 aliphatic rings. The predicted molar refractivity (Wildman–Crippen MR) is 120 cm³/mol. The van der Waals surface area contributed by atoms with Gasteiger partial charge in [-0.3, -0.25) is 4.79 Å². The molecule has 0 saturated heterocycles. The Bertz CT molecular complexity index is 863. The molecule has 1 heterocycles. The number of hydrogen-bond acceptors (Lipinski definition) is 4. The minimum absolute atomic E-state index is 0.0768. The smallest absolute Gasteiger partial charge is 0.221 e. The minimum Gasteiger partial charge on any atom is -0.374 e. The summed E-state index contributed by atoms with van der Waals surface area (Å²) in [5.41, 5.74) is 5.26. The monoisotopic (exact) mass is 395 g/mol. The first-order valence-electron chi connectivity index (χ1n) is 10.5. The van der Waals surface area contributed by atoms with Crippen LogP contribution in [0.15, 0.2) is 42.5 Å². The van der Waals surface area contributed by atoms with Gasteiger partial charge in [-0.1, -0.05) is 32.0 Å². The molecule has 156 valence electrons. The average molecular weight is 396 g/mol. The first kappa shape index (κ1) is 21.3. The molecule has 0 bridgehead atoms. The summed E-state index contributed by atoms with van der Waals surface area (Å²) in [6.45, 7) is 10.9. The number of rotatable bonds is 6. The number of amides is 1. The zero-order valence-corrected chi connectivity index (χ0v) is 18.1. The summed E-state index contributed by atoms with van der Waals surface area (Å²) in [5, 5.41) is 16.9. The first-order valence-corrected chi connectivity index (χ1v) is 10.5. The fourth-order valence-corrected chi connectivity index (χ4v) is 4.19. The van der Waals surface area contributed by atoms with Crippen molar-refractivity contribution in [3.8, 4) is 11.1 Å². The average Bonchev–Trinajstić information content (AvgIpc) is 2.65. The van der Waals surface area contributed by atoms with Crippen LogP contribution in [0.5, 0.6) is 0 Å². The number of aliphatic hydroxyl groups is 1. The Kier molecular flexibility index (Phi) is 6.60. The van der Waals surface area contributed by atoms with Gasteiger partial charge in [-0.25, -0.2) is 0 Å². The van der Waals surface area contributed by atoms with Crippen LogP contribution < -0.4 is 15.5 Å². The molecule has 3 N–H and O–H groups in total. The quantitative estimate of drug-likeness (QED) is 0.672. The lowest BCUT2D eigenvalue weighted by Crippen LogP contribution is -2.47. The molecule has 0 spiro atoms. The number of carbonyl (C=O) groups excluding carboxylic acids is 1. The van der Waals surface area contributed by atoms with Crippen LogP contribution in [0.2, 0.25) is 0 Å². The zero-order chi connectivity index (χ0) is 21.1. The van der Waals surface area contributed by atoms with Gasteiger partial charge in [-0.05, 0) is 73.7 Å². The summed E-state index contributed by atoms with van der Waals surface area (Å²) in [7, 11) is 0. The van der Waals surface area contributed by atoms with Crippen molar-refractivity contribution in [2.75, 3.05) is 16.8 Å². The first-order chi connectivity index (χ1) is 13.8. The maximum absolute atomic E-state index is 11.4. The van der Waals surface area contributed by atoms with Gasteiger partial charge in [0, 0.05) is 30.4 Å². The predicted octanol–water partition coefficient (Wildman–Crippen LogP) is 4.54. The maximum atomic E-state index is 11.4. The Morgan fingerprint density at radius 2 is 1.90 bits per heavy atom. The van der Waals surface area contributed by atoms with E-state index in [1.807, 2.05) is 25.1 Å². The Morgan fingerprint density at radius 1 is 1.17 bits per heavy atom. The zero-order valence-electron chi connectivity index (χ0n) is 18.1. The lowest BCUT2D eigenvalue weighted by atomic mass is 9.88. The van der Waals surface area contributed by atoms with Crippen LogP contribution in [-0.2, 0) is 4.79 Å². The van der Waals surface area contributed by atoms with Crippen molar-refractivity contribution in [2.24, 2.45) is 5.92 Å². The Labute approximate surface area is 174 Å². The highest BCUT2D eigenvalue weighted by molar-refractivity contribution is 5.89. The third kappa shape index (κ3) is 4.98. The lowest BCUT2D eigenvalue weighted by Gasteiger charge is -2.43. The van der Waals surface area contributed by atoms with Crippen LogP contribution in [0, 0.1) is 5.92 Å². The minimum atomic E-state index is -0.538. The summed E-state index contributed by atoms with van der Waals surface area (Å²) in [4.78, 5) is 13.5. The highest BCUT2D eigenvalue weighted by Gasteiger charge is 2.32. The highest BCUT2D eigenvalue weighted by atomic mass is 16.3.